The van der Waals surface area contributed by atoms with E-state index in [2.05, 4.69) is 45.6 Å². The molecule has 3 heterocycles. The highest BCUT2D eigenvalue weighted by atomic mass is 35.5. The Morgan fingerprint density at radius 1 is 1.19 bits per heavy atom. The Morgan fingerprint density at radius 3 is 2.72 bits per heavy atom. The normalized spacial score (nSPS) is 20.1. The topological polar surface area (TPSA) is 73.3 Å². The molecule has 32 heavy (non-hydrogen) atoms. The second-order valence-electron chi connectivity index (χ2n) is 8.83. The summed E-state index contributed by atoms with van der Waals surface area (Å²) in [4.78, 5) is 11.9. The molecule has 1 aromatic carbocycles. The van der Waals surface area contributed by atoms with Crippen molar-refractivity contribution < 1.29 is 5.11 Å². The number of nitrogens with zero attached hydrogens (tertiary/aromatic N) is 3. The van der Waals surface area contributed by atoms with Crippen LogP contribution >= 0.6 is 37.2 Å². The van der Waals surface area contributed by atoms with Crippen molar-refractivity contribution in [3.05, 3.63) is 46.9 Å². The number of benzene rings is 1. The van der Waals surface area contributed by atoms with Gasteiger partial charge in [-0.05, 0) is 61.9 Å². The fraction of sp³-hybridized carbons (Fsp3) is 0.565. The molecule has 3 N–H and O–H groups in total. The average Bonchev–Trinajstić information content (AvgIpc) is 3.28. The maximum Gasteiger partial charge on any atom is 0.140 e. The summed E-state index contributed by atoms with van der Waals surface area (Å²) in [6, 6.07) is 6.70. The molecule has 9 heteroatoms. The minimum Gasteiger partial charge on any atom is -0.395 e. The van der Waals surface area contributed by atoms with E-state index >= 15 is 0 Å². The van der Waals surface area contributed by atoms with Crippen LogP contribution in [0.2, 0.25) is 0 Å². The Morgan fingerprint density at radius 2 is 1.97 bits per heavy atom. The third-order valence-corrected chi connectivity index (χ3v) is 7.08. The third-order valence-electron chi connectivity index (χ3n) is 7.08. The first-order chi connectivity index (χ1) is 14.2. The van der Waals surface area contributed by atoms with Crippen molar-refractivity contribution in [2.75, 3.05) is 37.7 Å². The monoisotopic (exact) mass is 501 g/mol. The maximum absolute atomic E-state index is 9.19. The zero-order chi connectivity index (χ0) is 19.8. The highest BCUT2D eigenvalue weighted by Crippen LogP contribution is 2.51. The quantitative estimate of drug-likeness (QED) is 0.542. The van der Waals surface area contributed by atoms with Gasteiger partial charge in [-0.15, -0.1) is 37.2 Å². The molecule has 2 aromatic rings. The van der Waals surface area contributed by atoms with Crippen LogP contribution in [0.15, 0.2) is 24.5 Å². The van der Waals surface area contributed by atoms with Crippen LogP contribution in [-0.2, 0) is 18.4 Å². The van der Waals surface area contributed by atoms with Gasteiger partial charge < -0.3 is 20.6 Å². The number of aliphatic hydroxyl groups excluding tert-OH is 1. The molecule has 178 valence electrons. The Kier molecular flexibility index (Phi) is 9.58. The summed E-state index contributed by atoms with van der Waals surface area (Å²) in [7, 11) is 0. The molecule has 3 aliphatic rings. The molecule has 1 unspecified atom stereocenters. The molecule has 2 aliphatic heterocycles. The van der Waals surface area contributed by atoms with E-state index in [-0.39, 0.29) is 49.2 Å². The van der Waals surface area contributed by atoms with E-state index in [1.54, 1.807) is 6.33 Å². The summed E-state index contributed by atoms with van der Waals surface area (Å²) < 4.78 is 0. The van der Waals surface area contributed by atoms with Crippen molar-refractivity contribution in [1.82, 2.24) is 20.6 Å². The van der Waals surface area contributed by atoms with E-state index in [0.29, 0.717) is 12.5 Å². The molecule has 1 fully saturated rings. The van der Waals surface area contributed by atoms with Crippen LogP contribution in [0.1, 0.15) is 54.5 Å². The van der Waals surface area contributed by atoms with Crippen LogP contribution < -0.4 is 15.5 Å². The number of aromatic nitrogens is 2. The molecule has 0 bridgehead atoms. The van der Waals surface area contributed by atoms with Crippen LogP contribution in [0.3, 0.4) is 0 Å². The van der Waals surface area contributed by atoms with Crippen molar-refractivity contribution in [3.63, 3.8) is 0 Å². The van der Waals surface area contributed by atoms with Crippen LogP contribution in [-0.4, -0.2) is 47.9 Å². The summed E-state index contributed by atoms with van der Waals surface area (Å²) in [5, 5.41) is 16.1. The van der Waals surface area contributed by atoms with Crippen molar-refractivity contribution in [1.29, 1.82) is 0 Å². The summed E-state index contributed by atoms with van der Waals surface area (Å²) in [5.41, 5.74) is 6.92. The Balaban J connectivity index is 0.00000121. The van der Waals surface area contributed by atoms with Crippen LogP contribution in [0.4, 0.5) is 11.5 Å². The Bertz CT molecular complexity index is 907. The molecule has 5 rings (SSSR count). The second kappa shape index (κ2) is 11.3. The molecule has 0 saturated carbocycles. The lowest BCUT2D eigenvalue weighted by atomic mass is 9.73. The van der Waals surface area contributed by atoms with E-state index in [9.17, 15) is 5.11 Å². The SMILES string of the molecule is CC1CCc2ncnc(N3CC4(CCNCC4)c4c(CNCCO)cccc43)c21.Cl.Cl.Cl. The predicted octanol–water partition coefficient (Wildman–Crippen LogP) is 3.65. The number of nitrogens with one attached hydrogen (secondary N) is 2. The Labute approximate surface area is 209 Å². The fourth-order valence-electron chi connectivity index (χ4n) is 5.68. The average molecular weight is 503 g/mol. The van der Waals surface area contributed by atoms with Gasteiger partial charge in [-0.3, -0.25) is 0 Å². The van der Waals surface area contributed by atoms with Gasteiger partial charge in [-0.2, -0.15) is 0 Å². The molecule has 1 atom stereocenters. The van der Waals surface area contributed by atoms with Gasteiger partial charge >= 0.3 is 0 Å². The van der Waals surface area contributed by atoms with Gasteiger partial charge in [0.1, 0.15) is 12.1 Å². The van der Waals surface area contributed by atoms with Crippen molar-refractivity contribution in [3.8, 4) is 0 Å². The van der Waals surface area contributed by atoms with Gasteiger partial charge in [-0.1, -0.05) is 19.1 Å². The van der Waals surface area contributed by atoms with E-state index in [4.69, 9.17) is 4.98 Å². The minimum absolute atomic E-state index is 0. The molecular weight excluding hydrogens is 469 g/mol. The molecule has 6 nitrogen and oxygen atoms in total. The first-order valence-corrected chi connectivity index (χ1v) is 11.0. The number of piperidine rings is 1. The molecule has 0 radical (unpaired) electrons. The van der Waals surface area contributed by atoms with Crippen LogP contribution in [0.5, 0.6) is 0 Å². The van der Waals surface area contributed by atoms with E-state index in [0.717, 1.165) is 51.3 Å². The van der Waals surface area contributed by atoms with E-state index in [1.807, 2.05) is 0 Å². The van der Waals surface area contributed by atoms with Crippen LogP contribution in [0, 0.1) is 0 Å². The molecule has 1 spiro atoms. The lowest BCUT2D eigenvalue weighted by Crippen LogP contribution is -2.43. The van der Waals surface area contributed by atoms with Crippen molar-refractivity contribution >= 4 is 48.7 Å². The molecule has 1 aliphatic carbocycles. The largest absolute Gasteiger partial charge is 0.395 e. The van der Waals surface area contributed by atoms with Gasteiger partial charge in [0, 0.05) is 42.0 Å². The maximum atomic E-state index is 9.19. The highest BCUT2D eigenvalue weighted by Gasteiger charge is 2.46. The fourth-order valence-corrected chi connectivity index (χ4v) is 5.68. The zero-order valence-electron chi connectivity index (χ0n) is 18.5. The second-order valence-corrected chi connectivity index (χ2v) is 8.83. The smallest absolute Gasteiger partial charge is 0.140 e. The number of aliphatic hydroxyl groups is 1. The summed E-state index contributed by atoms with van der Waals surface area (Å²) in [6.45, 7) is 7.02. The molecule has 1 saturated heterocycles. The number of anilines is 2. The summed E-state index contributed by atoms with van der Waals surface area (Å²) in [5.74, 6) is 1.64. The van der Waals surface area contributed by atoms with Crippen molar-refractivity contribution in [2.24, 2.45) is 0 Å². The van der Waals surface area contributed by atoms with Crippen molar-refractivity contribution in [2.45, 2.75) is 50.5 Å². The Hall–Kier alpha value is -1.15. The van der Waals surface area contributed by atoms with Gasteiger partial charge in [0.15, 0.2) is 0 Å². The number of hydrogen-bond donors (Lipinski definition) is 3. The number of hydrogen-bond acceptors (Lipinski definition) is 6. The van der Waals surface area contributed by atoms with E-state index < -0.39 is 0 Å². The van der Waals surface area contributed by atoms with Crippen LogP contribution in [0.25, 0.3) is 0 Å². The number of aryl methyl sites for hydroxylation is 1. The minimum atomic E-state index is 0. The van der Waals surface area contributed by atoms with Gasteiger partial charge in [-0.25, -0.2) is 9.97 Å². The first-order valence-electron chi connectivity index (χ1n) is 11.0. The molecule has 0 amide bonds. The van der Waals surface area contributed by atoms with Gasteiger partial charge in [0.05, 0.1) is 6.61 Å². The molecular formula is C23H34Cl3N5O. The summed E-state index contributed by atoms with van der Waals surface area (Å²) >= 11 is 0. The first kappa shape index (κ1) is 27.1. The lowest BCUT2D eigenvalue weighted by molar-refractivity contribution is 0.291. The predicted molar refractivity (Wildman–Crippen MR) is 137 cm³/mol. The lowest BCUT2D eigenvalue weighted by Gasteiger charge is -2.36. The van der Waals surface area contributed by atoms with Gasteiger partial charge in [0.25, 0.3) is 0 Å². The highest BCUT2D eigenvalue weighted by molar-refractivity contribution is 5.86. The number of rotatable bonds is 5. The zero-order valence-corrected chi connectivity index (χ0v) is 20.9. The van der Waals surface area contributed by atoms with Gasteiger partial charge in [0.2, 0.25) is 0 Å². The number of fused-ring (bicyclic) bond motifs is 3. The summed E-state index contributed by atoms with van der Waals surface area (Å²) in [6.07, 6.45) is 6.29. The number of halogens is 3. The van der Waals surface area contributed by atoms with E-state index in [1.165, 1.54) is 34.5 Å². The third kappa shape index (κ3) is 4.59. The molecule has 1 aromatic heterocycles. The standard InChI is InChI=1S/C23H31N5O.3ClH/c1-16-5-6-18-20(16)22(27-15-26-18)28-14-23(7-9-24-10-8-23)21-17(13-25-11-12-29)3-2-4-19(21)28;;;/h2-4,15-16,24-25,29H,5-14H2,1H3;3*1H.